The molecule has 0 bridgehead atoms. The van der Waals surface area contributed by atoms with Crippen LogP contribution in [0.1, 0.15) is 39.7 Å². The van der Waals surface area contributed by atoms with Crippen LogP contribution in [0.25, 0.3) is 11.1 Å². The van der Waals surface area contributed by atoms with Crippen LogP contribution in [0.4, 0.5) is 25.0 Å². The lowest BCUT2D eigenvalue weighted by Gasteiger charge is -2.42. The van der Waals surface area contributed by atoms with Crippen molar-refractivity contribution >= 4 is 23.4 Å². The molecule has 0 spiro atoms. The van der Waals surface area contributed by atoms with Gasteiger partial charge in [0.15, 0.2) is 0 Å². The molecule has 176 valence electrons. The van der Waals surface area contributed by atoms with E-state index in [0.717, 1.165) is 17.7 Å². The van der Waals surface area contributed by atoms with Crippen molar-refractivity contribution in [3.8, 4) is 11.1 Å². The molecule has 0 radical (unpaired) electrons. The van der Waals surface area contributed by atoms with E-state index in [1.54, 1.807) is 11.1 Å². The molecular weight excluding hydrogens is 432 g/mol. The van der Waals surface area contributed by atoms with Crippen LogP contribution in [-0.4, -0.2) is 59.0 Å². The van der Waals surface area contributed by atoms with E-state index >= 15 is 0 Å². The molecule has 1 saturated heterocycles. The summed E-state index contributed by atoms with van der Waals surface area (Å²) in [5, 5.41) is 7.81. The summed E-state index contributed by atoms with van der Waals surface area (Å²) >= 11 is 0. The van der Waals surface area contributed by atoms with Gasteiger partial charge in [-0.2, -0.15) is 5.10 Å². The van der Waals surface area contributed by atoms with Gasteiger partial charge in [-0.1, -0.05) is 6.07 Å². The number of amides is 2. The van der Waals surface area contributed by atoms with Crippen LogP contribution < -0.4 is 15.1 Å². The molecule has 1 N–H and O–H groups in total. The van der Waals surface area contributed by atoms with Gasteiger partial charge in [-0.15, -0.1) is 0 Å². The minimum Gasteiger partial charge on any atom is -0.445 e. The number of nitrogens with one attached hydrogen (secondary N) is 1. The van der Waals surface area contributed by atoms with Crippen molar-refractivity contribution < 1.29 is 23.1 Å². The maximum atomic E-state index is 13.2. The maximum absolute atomic E-state index is 13.2. The number of anilines is 2. The number of ether oxygens (including phenoxy) is 1. The summed E-state index contributed by atoms with van der Waals surface area (Å²) in [5.41, 5.74) is 2.83. The first-order valence-corrected chi connectivity index (χ1v) is 11.2. The van der Waals surface area contributed by atoms with E-state index in [-0.39, 0.29) is 24.5 Å². The van der Waals surface area contributed by atoms with Crippen LogP contribution in [0.3, 0.4) is 0 Å². The molecule has 10 heteroatoms. The first-order chi connectivity index (χ1) is 15.6. The third kappa shape index (κ3) is 3.86. The fourth-order valence-electron chi connectivity index (χ4n) is 4.80. The summed E-state index contributed by atoms with van der Waals surface area (Å²) in [4.78, 5) is 28.4. The molecule has 2 amide bonds. The zero-order valence-corrected chi connectivity index (χ0v) is 18.8. The minimum absolute atomic E-state index is 0.137. The van der Waals surface area contributed by atoms with Crippen molar-refractivity contribution in [3.63, 3.8) is 0 Å². The van der Waals surface area contributed by atoms with Crippen LogP contribution in [-0.2, 0) is 9.53 Å². The number of nitrogens with zero attached hydrogens (tertiary/aromatic N) is 4. The van der Waals surface area contributed by atoms with Crippen LogP contribution in [0.2, 0.25) is 0 Å². The van der Waals surface area contributed by atoms with Crippen molar-refractivity contribution in [2.45, 2.75) is 63.8 Å². The number of halogens is 2. The van der Waals surface area contributed by atoms with Crippen LogP contribution in [0, 0.1) is 0 Å². The molecule has 1 aliphatic carbocycles. The minimum atomic E-state index is -2.77. The fraction of sp³-hybridized carbons (Fsp3) is 0.522. The highest BCUT2D eigenvalue weighted by Crippen LogP contribution is 2.42. The van der Waals surface area contributed by atoms with E-state index in [0.29, 0.717) is 17.4 Å². The number of hydrogen-bond donors (Lipinski definition) is 1. The van der Waals surface area contributed by atoms with Crippen molar-refractivity contribution in [2.24, 2.45) is 0 Å². The Morgan fingerprint density at radius 3 is 2.55 bits per heavy atom. The highest BCUT2D eigenvalue weighted by molar-refractivity contribution is 6.03. The molecule has 33 heavy (non-hydrogen) atoms. The first kappa shape index (κ1) is 21.8. The van der Waals surface area contributed by atoms with E-state index in [2.05, 4.69) is 17.3 Å². The summed E-state index contributed by atoms with van der Waals surface area (Å²) < 4.78 is 33.7. The number of benzene rings is 1. The van der Waals surface area contributed by atoms with Gasteiger partial charge in [-0.25, -0.2) is 13.6 Å². The Morgan fingerprint density at radius 1 is 1.18 bits per heavy atom. The summed E-state index contributed by atoms with van der Waals surface area (Å²) in [5.74, 6) is -2.91. The van der Waals surface area contributed by atoms with Gasteiger partial charge < -0.3 is 15.0 Å². The lowest BCUT2D eigenvalue weighted by atomic mass is 9.91. The van der Waals surface area contributed by atoms with Gasteiger partial charge in [0.2, 0.25) is 5.91 Å². The number of alkyl halides is 2. The summed E-state index contributed by atoms with van der Waals surface area (Å²) in [6.07, 6.45) is 1.37. The van der Waals surface area contributed by atoms with Crippen LogP contribution >= 0.6 is 0 Å². The van der Waals surface area contributed by atoms with Crippen LogP contribution in [0.5, 0.6) is 0 Å². The lowest BCUT2D eigenvalue weighted by molar-refractivity contribution is -0.143. The molecule has 1 aromatic carbocycles. The molecule has 2 aliphatic heterocycles. The van der Waals surface area contributed by atoms with Gasteiger partial charge in [-0.05, 0) is 31.5 Å². The molecule has 3 heterocycles. The monoisotopic (exact) mass is 459 g/mol. The summed E-state index contributed by atoms with van der Waals surface area (Å²) in [6, 6.07) is 5.88. The van der Waals surface area contributed by atoms with Gasteiger partial charge in [0.25, 0.3) is 5.92 Å². The lowest BCUT2D eigenvalue weighted by Crippen LogP contribution is -2.53. The Balaban J connectivity index is 1.46. The number of rotatable bonds is 3. The third-order valence-corrected chi connectivity index (χ3v) is 6.79. The van der Waals surface area contributed by atoms with E-state index in [1.807, 2.05) is 36.0 Å². The zero-order chi connectivity index (χ0) is 23.5. The van der Waals surface area contributed by atoms with Gasteiger partial charge in [0, 0.05) is 50.7 Å². The zero-order valence-electron chi connectivity index (χ0n) is 18.8. The Labute approximate surface area is 190 Å². The second kappa shape index (κ2) is 7.79. The smallest absolute Gasteiger partial charge is 0.414 e. The van der Waals surface area contributed by atoms with E-state index in [1.165, 1.54) is 11.8 Å². The van der Waals surface area contributed by atoms with Crippen molar-refractivity contribution in [1.29, 1.82) is 0 Å². The molecule has 8 nitrogen and oxygen atoms in total. The molecule has 1 aromatic heterocycles. The number of carbonyl (C=O) groups is 2. The molecule has 2 aromatic rings. The predicted molar refractivity (Wildman–Crippen MR) is 119 cm³/mol. The van der Waals surface area contributed by atoms with E-state index in [9.17, 15) is 18.4 Å². The SMILES string of the molecule is CC(=O)N1c2ccc(-c3cnn(C4CN[C@H]4C)c3)cc2N(C(=O)OC2CC(F)(F)C2)C[C@@H]1C. The van der Waals surface area contributed by atoms with Gasteiger partial charge in [0.1, 0.15) is 6.10 Å². The Hall–Kier alpha value is -3.01. The molecular formula is C23H27F2N5O3. The van der Waals surface area contributed by atoms with E-state index in [4.69, 9.17) is 4.74 Å². The van der Waals surface area contributed by atoms with Crippen molar-refractivity contribution in [2.75, 3.05) is 22.9 Å². The second-order valence-electron chi connectivity index (χ2n) is 9.30. The highest BCUT2D eigenvalue weighted by Gasteiger charge is 2.48. The second-order valence-corrected chi connectivity index (χ2v) is 9.30. The molecule has 5 rings (SSSR count). The first-order valence-electron chi connectivity index (χ1n) is 11.2. The van der Waals surface area contributed by atoms with Crippen molar-refractivity contribution in [1.82, 2.24) is 15.1 Å². The molecule has 2 fully saturated rings. The highest BCUT2D eigenvalue weighted by atomic mass is 19.3. The number of fused-ring (bicyclic) bond motifs is 1. The Morgan fingerprint density at radius 2 is 1.94 bits per heavy atom. The largest absolute Gasteiger partial charge is 0.445 e. The van der Waals surface area contributed by atoms with Crippen LogP contribution in [0.15, 0.2) is 30.6 Å². The quantitative estimate of drug-likeness (QED) is 0.759. The standard InChI is InChI=1S/C23H27F2N5O3/c1-13-11-28(22(32)33-18-7-23(24,25)8-18)20-6-16(4-5-19(20)30(13)15(3)31)17-9-27-29(12-17)21-10-26-14(21)2/h4-6,9,12-14,18,21,26H,7-8,10-11H2,1-3H3/t13-,14-,21?/m0/s1. The van der Waals surface area contributed by atoms with Gasteiger partial charge in [-0.3, -0.25) is 14.4 Å². The number of aromatic nitrogens is 2. The summed E-state index contributed by atoms with van der Waals surface area (Å²) in [6.45, 7) is 6.50. The molecule has 3 atom stereocenters. The Bertz CT molecular complexity index is 1100. The molecule has 1 saturated carbocycles. The predicted octanol–water partition coefficient (Wildman–Crippen LogP) is 3.58. The fourth-order valence-corrected chi connectivity index (χ4v) is 4.80. The average Bonchev–Trinajstić information content (AvgIpc) is 3.19. The molecule has 3 aliphatic rings. The topological polar surface area (TPSA) is 79.7 Å². The number of hydrogen-bond acceptors (Lipinski definition) is 5. The normalized spacial score (nSPS) is 26.3. The Kier molecular flexibility index (Phi) is 5.15. The van der Waals surface area contributed by atoms with Gasteiger partial charge in [0.05, 0.1) is 29.7 Å². The third-order valence-electron chi connectivity index (χ3n) is 6.79. The number of carbonyl (C=O) groups excluding carboxylic acids is 2. The van der Waals surface area contributed by atoms with Crippen molar-refractivity contribution in [3.05, 3.63) is 30.6 Å². The van der Waals surface area contributed by atoms with Gasteiger partial charge >= 0.3 is 6.09 Å². The average molecular weight is 459 g/mol. The molecule has 1 unspecified atom stereocenters. The maximum Gasteiger partial charge on any atom is 0.414 e. The summed E-state index contributed by atoms with van der Waals surface area (Å²) in [7, 11) is 0. The van der Waals surface area contributed by atoms with E-state index < -0.39 is 31.0 Å².